The monoisotopic (exact) mass is 347 g/mol. The Morgan fingerprint density at radius 1 is 1.29 bits per heavy atom. The number of Topliss-reactive ketones (excluding diaryl/α,β-unsaturated/α-hetero) is 1. The summed E-state index contributed by atoms with van der Waals surface area (Å²) in [6.07, 6.45) is 6.21. The first-order valence-corrected chi connectivity index (χ1v) is 8.49. The molecule has 2 aromatic rings. The van der Waals surface area contributed by atoms with Gasteiger partial charge in [-0.15, -0.1) is 0 Å². The Morgan fingerprint density at radius 2 is 2.05 bits per heavy atom. The molecule has 1 aliphatic rings. The number of hydrogen-bond acceptors (Lipinski definition) is 1. The quantitative estimate of drug-likeness (QED) is 0.750. The molecule has 1 fully saturated rings. The average Bonchev–Trinajstić information content (AvgIpc) is 2.79. The number of aromatic nitrogens is 1. The van der Waals surface area contributed by atoms with Crippen molar-refractivity contribution in [3.63, 3.8) is 0 Å². The zero-order chi connectivity index (χ0) is 15.2. The summed E-state index contributed by atoms with van der Waals surface area (Å²) in [6.45, 7) is 4.46. The number of fused-ring (bicyclic) bond motifs is 1. The van der Waals surface area contributed by atoms with Gasteiger partial charge >= 0.3 is 0 Å². The number of rotatable bonds is 2. The lowest BCUT2D eigenvalue weighted by molar-refractivity contribution is -0.126. The van der Waals surface area contributed by atoms with Crippen LogP contribution in [0.1, 0.15) is 45.1 Å². The van der Waals surface area contributed by atoms with Crippen LogP contribution in [0.5, 0.6) is 0 Å². The fraction of sp³-hybridized carbons (Fsp3) is 0.500. The minimum atomic E-state index is -0.124. The first-order valence-electron chi connectivity index (χ1n) is 7.69. The van der Waals surface area contributed by atoms with Crippen molar-refractivity contribution in [2.45, 2.75) is 44.9 Å². The van der Waals surface area contributed by atoms with Crippen LogP contribution < -0.4 is 0 Å². The third-order valence-corrected chi connectivity index (χ3v) is 5.74. The van der Waals surface area contributed by atoms with Crippen molar-refractivity contribution in [3.05, 3.63) is 34.4 Å². The smallest absolute Gasteiger partial charge is 0.136 e. The largest absolute Gasteiger partial charge is 0.350 e. The van der Waals surface area contributed by atoms with Crippen molar-refractivity contribution >= 4 is 32.6 Å². The molecule has 0 N–H and O–H groups in total. The molecule has 1 unspecified atom stereocenters. The van der Waals surface area contributed by atoms with Gasteiger partial charge in [-0.2, -0.15) is 0 Å². The minimum Gasteiger partial charge on any atom is -0.350 e. The highest BCUT2D eigenvalue weighted by molar-refractivity contribution is 9.10. The topological polar surface area (TPSA) is 22.0 Å². The van der Waals surface area contributed by atoms with Crippen LogP contribution in [0, 0.1) is 5.92 Å². The van der Waals surface area contributed by atoms with E-state index in [0.29, 0.717) is 5.78 Å². The summed E-state index contributed by atoms with van der Waals surface area (Å²) in [6, 6.07) is 6.29. The van der Waals surface area contributed by atoms with Crippen LogP contribution in [0.3, 0.4) is 0 Å². The zero-order valence-electron chi connectivity index (χ0n) is 12.9. The van der Waals surface area contributed by atoms with Crippen molar-refractivity contribution in [1.82, 2.24) is 4.57 Å². The average molecular weight is 348 g/mol. The van der Waals surface area contributed by atoms with Crippen molar-refractivity contribution in [2.24, 2.45) is 13.0 Å². The second kappa shape index (κ2) is 5.28. The van der Waals surface area contributed by atoms with Crippen LogP contribution >= 0.6 is 15.9 Å². The fourth-order valence-corrected chi connectivity index (χ4v) is 4.39. The third-order valence-electron chi connectivity index (χ3n) is 5.08. The minimum absolute atomic E-state index is 0.124. The number of nitrogens with zero attached hydrogens (tertiary/aromatic N) is 1. The summed E-state index contributed by atoms with van der Waals surface area (Å²) >= 11 is 3.69. The van der Waals surface area contributed by atoms with Gasteiger partial charge in [0.1, 0.15) is 5.78 Å². The summed E-state index contributed by atoms with van der Waals surface area (Å²) in [5, 5.41) is 1.25. The highest BCUT2D eigenvalue weighted by Gasteiger charge is 2.39. The maximum Gasteiger partial charge on any atom is 0.136 e. The number of halogens is 1. The van der Waals surface area contributed by atoms with Crippen LogP contribution in [-0.2, 0) is 17.3 Å². The van der Waals surface area contributed by atoms with Crippen LogP contribution in [0.2, 0.25) is 0 Å². The lowest BCUT2D eigenvalue weighted by Crippen LogP contribution is -2.36. The maximum atomic E-state index is 12.4. The van der Waals surface area contributed by atoms with Crippen molar-refractivity contribution in [2.75, 3.05) is 0 Å². The summed E-state index contributed by atoms with van der Waals surface area (Å²) in [7, 11) is 2.08. The van der Waals surface area contributed by atoms with Gasteiger partial charge in [0.15, 0.2) is 0 Å². The predicted molar refractivity (Wildman–Crippen MR) is 90.6 cm³/mol. The summed E-state index contributed by atoms with van der Waals surface area (Å²) < 4.78 is 3.29. The molecular weight excluding hydrogens is 326 g/mol. The molecule has 3 rings (SSSR count). The maximum absolute atomic E-state index is 12.4. The van der Waals surface area contributed by atoms with E-state index in [1.165, 1.54) is 22.9 Å². The molecule has 3 heteroatoms. The summed E-state index contributed by atoms with van der Waals surface area (Å²) in [4.78, 5) is 12.4. The second-order valence-corrected chi connectivity index (χ2v) is 7.63. The fourth-order valence-electron chi connectivity index (χ4n) is 3.82. The van der Waals surface area contributed by atoms with E-state index in [2.05, 4.69) is 65.8 Å². The molecule has 0 saturated heterocycles. The van der Waals surface area contributed by atoms with Gasteiger partial charge in [0.25, 0.3) is 0 Å². The number of ketones is 1. The van der Waals surface area contributed by atoms with E-state index in [0.717, 1.165) is 23.7 Å². The molecular formula is C18H22BrNO. The van der Waals surface area contributed by atoms with Gasteiger partial charge in [-0.1, -0.05) is 42.3 Å². The van der Waals surface area contributed by atoms with E-state index in [1.54, 1.807) is 0 Å². The SMILES string of the molecule is Cn1cc(C(C)(C)C2CCCCC2=O)c2c(Br)cccc21. The lowest BCUT2D eigenvalue weighted by Gasteiger charge is -2.36. The molecule has 0 radical (unpaired) electrons. The van der Waals surface area contributed by atoms with Crippen LogP contribution in [0.4, 0.5) is 0 Å². The van der Waals surface area contributed by atoms with E-state index in [4.69, 9.17) is 0 Å². The molecule has 1 atom stereocenters. The molecule has 1 aromatic heterocycles. The Bertz CT molecular complexity index is 699. The Balaban J connectivity index is 2.16. The Hall–Kier alpha value is -1.09. The van der Waals surface area contributed by atoms with E-state index < -0.39 is 0 Å². The first kappa shape index (κ1) is 14.8. The normalized spacial score (nSPS) is 20.2. The predicted octanol–water partition coefficient (Wildman–Crippen LogP) is 4.98. The van der Waals surface area contributed by atoms with Crippen molar-refractivity contribution in [1.29, 1.82) is 0 Å². The van der Waals surface area contributed by atoms with E-state index in [1.807, 2.05) is 0 Å². The van der Waals surface area contributed by atoms with Gasteiger partial charge in [0.2, 0.25) is 0 Å². The number of aryl methyl sites for hydroxylation is 1. The molecule has 112 valence electrons. The van der Waals surface area contributed by atoms with Gasteiger partial charge < -0.3 is 4.57 Å². The standard InChI is InChI=1S/C18H22BrNO/c1-18(2,12-7-4-5-10-16(12)21)13-11-20(3)15-9-6-8-14(19)17(13)15/h6,8-9,11-12H,4-5,7,10H2,1-3H3. The molecule has 21 heavy (non-hydrogen) atoms. The summed E-state index contributed by atoms with van der Waals surface area (Å²) in [5.74, 6) is 0.583. The summed E-state index contributed by atoms with van der Waals surface area (Å²) in [5.41, 5.74) is 2.38. The van der Waals surface area contributed by atoms with Gasteiger partial charge in [-0.05, 0) is 30.5 Å². The lowest BCUT2D eigenvalue weighted by atomic mass is 9.67. The van der Waals surface area contributed by atoms with E-state index in [9.17, 15) is 4.79 Å². The van der Waals surface area contributed by atoms with Crippen LogP contribution in [-0.4, -0.2) is 10.4 Å². The number of hydrogen-bond donors (Lipinski definition) is 0. The molecule has 0 spiro atoms. The Morgan fingerprint density at radius 3 is 2.76 bits per heavy atom. The van der Waals surface area contributed by atoms with Crippen molar-refractivity contribution < 1.29 is 4.79 Å². The molecule has 1 heterocycles. The molecule has 0 bridgehead atoms. The van der Waals surface area contributed by atoms with Crippen LogP contribution in [0.15, 0.2) is 28.9 Å². The highest BCUT2D eigenvalue weighted by atomic mass is 79.9. The van der Waals surface area contributed by atoms with Gasteiger partial charge in [-0.25, -0.2) is 0 Å². The molecule has 0 amide bonds. The third kappa shape index (κ3) is 2.36. The zero-order valence-corrected chi connectivity index (χ0v) is 14.5. The molecule has 1 aliphatic carbocycles. The van der Waals surface area contributed by atoms with Gasteiger partial charge in [0, 0.05) is 46.4 Å². The van der Waals surface area contributed by atoms with Gasteiger partial charge in [-0.3, -0.25) is 4.79 Å². The molecule has 1 saturated carbocycles. The van der Waals surface area contributed by atoms with E-state index in [-0.39, 0.29) is 11.3 Å². The van der Waals surface area contributed by atoms with Gasteiger partial charge in [0.05, 0.1) is 0 Å². The number of benzene rings is 1. The van der Waals surface area contributed by atoms with E-state index >= 15 is 0 Å². The molecule has 0 aliphatic heterocycles. The highest BCUT2D eigenvalue weighted by Crippen LogP contribution is 2.43. The second-order valence-electron chi connectivity index (χ2n) is 6.77. The van der Waals surface area contributed by atoms with Crippen LogP contribution in [0.25, 0.3) is 10.9 Å². The number of carbonyl (C=O) groups is 1. The Kier molecular flexibility index (Phi) is 3.73. The number of carbonyl (C=O) groups excluding carboxylic acids is 1. The molecule has 2 nitrogen and oxygen atoms in total. The van der Waals surface area contributed by atoms with Crippen molar-refractivity contribution in [3.8, 4) is 0 Å². The molecule has 1 aromatic carbocycles. The Labute approximate surface area is 134 Å². The first-order chi connectivity index (χ1) is 9.93.